The first kappa shape index (κ1) is 45.5. The molecule has 0 aromatic carbocycles. The Morgan fingerprint density at radius 2 is 1.68 bits per heavy atom. The molecule has 28 heteroatoms. The van der Waals surface area contributed by atoms with Gasteiger partial charge in [-0.3, -0.25) is 42.0 Å². The Kier molecular flexibility index (Phi) is 11.9. The third-order valence-corrected chi connectivity index (χ3v) is 15.9. The molecule has 344 valence electrons. The van der Waals surface area contributed by atoms with E-state index in [1.54, 1.807) is 46.1 Å². The molecule has 11 atom stereocenters. The van der Waals surface area contributed by atoms with E-state index in [1.165, 1.54) is 30.7 Å². The van der Waals surface area contributed by atoms with Crippen LogP contribution in [-0.2, 0) is 60.3 Å². The number of aromatic amines is 1. The van der Waals surface area contributed by atoms with Crippen molar-refractivity contribution in [3.05, 3.63) is 29.3 Å². The van der Waals surface area contributed by atoms with Crippen LogP contribution in [0.5, 0.6) is 0 Å². The molecule has 0 radical (unpaired) electrons. The second kappa shape index (κ2) is 16.4. The van der Waals surface area contributed by atoms with Crippen molar-refractivity contribution in [2.75, 3.05) is 44.5 Å². The fourth-order valence-electron chi connectivity index (χ4n) is 7.92. The molecular formula is C35H48N10O15P2S. The summed E-state index contributed by atoms with van der Waals surface area (Å²) in [6, 6.07) is -0.851. The number of carbonyl (C=O) groups is 2. The zero-order valence-electron chi connectivity index (χ0n) is 35.1. The minimum atomic E-state index is -4.94. The van der Waals surface area contributed by atoms with Crippen LogP contribution in [0.15, 0.2) is 23.8 Å². The molecule has 0 unspecified atom stereocenters. The topological polar surface area (TPSA) is 331 Å². The maximum absolute atomic E-state index is 15.1. The first-order valence-electron chi connectivity index (χ1n) is 19.6. The summed E-state index contributed by atoms with van der Waals surface area (Å²) in [5.41, 5.74) is 8.56. The highest BCUT2D eigenvalue weighted by Gasteiger charge is 2.74. The highest BCUT2D eigenvalue weighted by atomic mass is 32.7. The summed E-state index contributed by atoms with van der Waals surface area (Å²) in [6.07, 6.45) is -4.01. The molecule has 0 amide bonds. The van der Waals surface area contributed by atoms with Crippen molar-refractivity contribution >= 4 is 72.0 Å². The van der Waals surface area contributed by atoms with Gasteiger partial charge in [0.2, 0.25) is 12.7 Å². The number of H-pyrrole nitrogens is 1. The molecule has 8 rings (SSSR count). The number of hydrogen-bond acceptors (Lipinski definition) is 23. The summed E-state index contributed by atoms with van der Waals surface area (Å²) >= 11 is 0.552. The number of ether oxygens (including phenoxy) is 4. The predicted molar refractivity (Wildman–Crippen MR) is 219 cm³/mol. The van der Waals surface area contributed by atoms with Crippen LogP contribution in [0.1, 0.15) is 60.2 Å². The molecule has 4 fully saturated rings. The number of imidazole rings is 2. The molecule has 2 aliphatic carbocycles. The molecule has 2 saturated carbocycles. The summed E-state index contributed by atoms with van der Waals surface area (Å²) in [5, 5.41) is 12.2. The third-order valence-electron chi connectivity index (χ3n) is 11.2. The standard InChI is InChI=1S/C35H48N10O15P2S/c1-33(2,3)30(48)53-14-57-61(50)56-10-35-8-16(35)20(44-12-40-18-25(36)38-11-39-26(18)44)21(46)24(35)60-62(51,63-15-54-31(49)34(4,5)6)55-9-17-22(52-7)23(59-61)29(58-17)45-13-41-19-27(45)42-32(37)43-28(19)47/h11-13,16-17,20-24,29,46H,8-10,14-15H2,1-7H3,(H2,36,38,39)(H3,37,42,43,47)/t16-,17-,20-,21+,22-,23-,24+,29-,35+,61-,62-/m1/s1. The number of nitrogens with two attached hydrogens (primary N) is 2. The first-order chi connectivity index (χ1) is 29.6. The average molecular weight is 943 g/mol. The van der Waals surface area contributed by atoms with E-state index in [9.17, 15) is 19.5 Å². The van der Waals surface area contributed by atoms with Gasteiger partial charge in [0.05, 0.1) is 42.7 Å². The van der Waals surface area contributed by atoms with Crippen molar-refractivity contribution < 1.29 is 65.4 Å². The number of carbonyl (C=O) groups excluding carboxylic acids is 2. The number of hydrogen-bond donors (Lipinski definition) is 4. The zero-order chi connectivity index (χ0) is 45.4. The molecule has 25 nitrogen and oxygen atoms in total. The number of phosphoric ester groups is 1. The monoisotopic (exact) mass is 942 g/mol. The number of phosphoric acid groups is 1. The van der Waals surface area contributed by atoms with E-state index < -0.39 is 123 Å². The van der Waals surface area contributed by atoms with Gasteiger partial charge in [0.25, 0.3) is 5.56 Å². The van der Waals surface area contributed by atoms with E-state index in [1.807, 2.05) is 0 Å². The van der Waals surface area contributed by atoms with Crippen LogP contribution in [0.3, 0.4) is 0 Å². The Morgan fingerprint density at radius 1 is 0.984 bits per heavy atom. The van der Waals surface area contributed by atoms with Gasteiger partial charge in [0.15, 0.2) is 28.9 Å². The van der Waals surface area contributed by atoms with Crippen molar-refractivity contribution in [3.63, 3.8) is 0 Å². The number of esters is 2. The molecule has 6 heterocycles. The third kappa shape index (κ3) is 8.51. The molecule has 4 aromatic heterocycles. The van der Waals surface area contributed by atoms with Crippen LogP contribution in [0.25, 0.3) is 22.3 Å². The number of rotatable bonds is 9. The smallest absolute Gasteiger partial charge is 0.454 e. The second-order valence-corrected chi connectivity index (χ2v) is 23.2. The van der Waals surface area contributed by atoms with Crippen molar-refractivity contribution in [3.8, 4) is 0 Å². The lowest BCUT2D eigenvalue weighted by atomic mass is 9.98. The van der Waals surface area contributed by atoms with Crippen LogP contribution in [0.2, 0.25) is 0 Å². The largest absolute Gasteiger partial charge is 0.478 e. The Labute approximate surface area is 362 Å². The van der Waals surface area contributed by atoms with Crippen LogP contribution >= 0.6 is 26.0 Å². The number of aromatic nitrogens is 8. The zero-order valence-corrected chi connectivity index (χ0v) is 37.7. The molecule has 2 saturated heterocycles. The van der Waals surface area contributed by atoms with Crippen LogP contribution in [0.4, 0.5) is 11.8 Å². The van der Waals surface area contributed by atoms with E-state index >= 15 is 9.13 Å². The lowest BCUT2D eigenvalue weighted by Gasteiger charge is -2.32. The minimum Gasteiger partial charge on any atom is -0.454 e. The first-order valence-corrected chi connectivity index (χ1v) is 24.2. The number of nitrogen functional groups attached to an aromatic ring is 2. The maximum atomic E-state index is 15.1. The van der Waals surface area contributed by atoms with Crippen LogP contribution in [-0.4, -0.2) is 120 Å². The minimum absolute atomic E-state index is 0.0546. The second-order valence-electron chi connectivity index (χ2n) is 17.6. The van der Waals surface area contributed by atoms with Crippen LogP contribution in [0, 0.1) is 22.2 Å². The molecule has 4 aliphatic rings. The molecular weight excluding hydrogens is 894 g/mol. The molecule has 2 aliphatic heterocycles. The van der Waals surface area contributed by atoms with Crippen LogP contribution < -0.4 is 17.0 Å². The normalized spacial score (nSPS) is 33.5. The van der Waals surface area contributed by atoms with Crippen molar-refractivity contribution in [1.82, 2.24) is 39.0 Å². The Bertz CT molecular complexity index is 2580. The summed E-state index contributed by atoms with van der Waals surface area (Å²) in [4.78, 5) is 61.9. The number of nitrogens with zero attached hydrogens (tertiary/aromatic N) is 7. The van der Waals surface area contributed by atoms with Crippen molar-refractivity contribution in [2.45, 2.75) is 90.8 Å². The van der Waals surface area contributed by atoms with Gasteiger partial charge in [0, 0.05) is 23.9 Å². The fraction of sp³-hybridized carbons (Fsp3) is 0.657. The predicted octanol–water partition coefficient (Wildman–Crippen LogP) is 2.83. The molecule has 63 heavy (non-hydrogen) atoms. The van der Waals surface area contributed by atoms with Crippen molar-refractivity contribution in [1.29, 1.82) is 0 Å². The average Bonchev–Trinajstić information content (AvgIpc) is 3.49. The lowest BCUT2D eigenvalue weighted by molar-refractivity contribution is -0.161. The summed E-state index contributed by atoms with van der Waals surface area (Å²) in [5.74, 6) is -2.46. The summed E-state index contributed by atoms with van der Waals surface area (Å²) in [7, 11) is -3.64. The summed E-state index contributed by atoms with van der Waals surface area (Å²) < 4.78 is 86.9. The highest BCUT2D eigenvalue weighted by molar-refractivity contribution is 8.55. The van der Waals surface area contributed by atoms with Gasteiger partial charge in [0.1, 0.15) is 48.3 Å². The number of aliphatic hydroxyl groups is 1. The number of aliphatic hydroxyl groups excluding tert-OH is 1. The van der Waals surface area contributed by atoms with Gasteiger partial charge in [-0.05, 0) is 53.9 Å². The summed E-state index contributed by atoms with van der Waals surface area (Å²) in [6.45, 7) is 3.29. The van der Waals surface area contributed by atoms with Gasteiger partial charge in [-0.15, -0.1) is 0 Å². The number of anilines is 2. The van der Waals surface area contributed by atoms with E-state index in [4.69, 9.17) is 53.0 Å². The van der Waals surface area contributed by atoms with Gasteiger partial charge in [-0.2, -0.15) is 4.98 Å². The Morgan fingerprint density at radius 3 is 2.40 bits per heavy atom. The number of nitrogens with one attached hydrogen (secondary N) is 1. The number of fused-ring (bicyclic) bond motifs is 4. The van der Waals surface area contributed by atoms with Gasteiger partial charge in [-0.1, -0.05) is 0 Å². The molecule has 4 aromatic rings. The molecule has 6 N–H and O–H groups in total. The Balaban J connectivity index is 1.21. The van der Waals surface area contributed by atoms with Gasteiger partial charge >= 0.3 is 26.6 Å². The highest BCUT2D eigenvalue weighted by Crippen LogP contribution is 2.74. The van der Waals surface area contributed by atoms with Gasteiger partial charge in [-0.25, -0.2) is 33.6 Å². The SMILES string of the molecule is CO[C@H]1[C@H]2O[P@@](=O)(OCOC(=O)C(C)(C)C)OC[C@@]34C[C@@H]3[C@@H](n3cnc5c(N)ncnc53)[C@H](O)[C@@H]4O[P@](=O)(SCOC(=O)C(C)(C)C)OC[C@H]1O[C@H]2n1cnc2c(=O)[nH]c(N)nc21. The van der Waals surface area contributed by atoms with E-state index in [-0.39, 0.29) is 34.9 Å². The molecule has 2 bridgehead atoms. The maximum Gasteiger partial charge on any atom is 0.478 e. The van der Waals surface area contributed by atoms with E-state index in [0.29, 0.717) is 17.0 Å². The quantitative estimate of drug-likeness (QED) is 0.106. The van der Waals surface area contributed by atoms with E-state index in [2.05, 4.69) is 29.9 Å². The van der Waals surface area contributed by atoms with E-state index in [0.717, 1.165) is 0 Å². The molecule has 1 spiro atoms. The Hall–Kier alpha value is -4.07. The lowest BCUT2D eigenvalue weighted by Crippen LogP contribution is -2.38. The van der Waals surface area contributed by atoms with Crippen molar-refractivity contribution in [2.24, 2.45) is 22.2 Å². The van der Waals surface area contributed by atoms with Gasteiger partial charge < -0.3 is 40.1 Å². The fourth-order valence-corrected chi connectivity index (χ4v) is 12.1. The number of methoxy groups -OCH3 is 1.